The first-order chi connectivity index (χ1) is 4.79. The van der Waals surface area contributed by atoms with Crippen molar-refractivity contribution >= 4 is 6.09 Å². The Labute approximate surface area is 59.2 Å². The van der Waals surface area contributed by atoms with Crippen LogP contribution in [0.25, 0.3) is 0 Å². The first kappa shape index (κ1) is 7.34. The molecule has 0 bridgehead atoms. The summed E-state index contributed by atoms with van der Waals surface area (Å²) in [7, 11) is 0. The predicted octanol–water partition coefficient (Wildman–Crippen LogP) is -0.902. The highest BCUT2D eigenvalue weighted by Gasteiger charge is 2.14. The summed E-state index contributed by atoms with van der Waals surface area (Å²) in [6.45, 7) is 1.11. The Morgan fingerprint density at radius 2 is 2.60 bits per heavy atom. The van der Waals surface area contributed by atoms with Crippen LogP contribution < -0.4 is 10.4 Å². The summed E-state index contributed by atoms with van der Waals surface area (Å²) in [5, 5.41) is 12.0. The molecule has 0 saturated carbocycles. The molecule has 4 heteroatoms. The highest BCUT2D eigenvalue weighted by atomic mass is 16.5. The number of nitrogens with one attached hydrogen (secondary N) is 1. The summed E-state index contributed by atoms with van der Waals surface area (Å²) in [6, 6.07) is 0. The van der Waals surface area contributed by atoms with Gasteiger partial charge in [0.1, 0.15) is 6.09 Å². The molecule has 4 nitrogen and oxygen atoms in total. The molecule has 1 fully saturated rings. The molecule has 1 N–H and O–H groups in total. The second-order valence-corrected chi connectivity index (χ2v) is 2.30. The van der Waals surface area contributed by atoms with Crippen LogP contribution in [0.3, 0.4) is 0 Å². The zero-order valence-electron chi connectivity index (χ0n) is 5.63. The second-order valence-electron chi connectivity index (χ2n) is 2.30. The average molecular weight is 144 g/mol. The van der Waals surface area contributed by atoms with Crippen molar-refractivity contribution in [1.29, 1.82) is 0 Å². The van der Waals surface area contributed by atoms with E-state index in [1.807, 2.05) is 0 Å². The monoisotopic (exact) mass is 144 g/mol. The molecule has 0 spiro atoms. The van der Waals surface area contributed by atoms with Crippen molar-refractivity contribution in [2.45, 2.75) is 18.9 Å². The number of hydrogen-bond donors (Lipinski definition) is 1. The standard InChI is InChI=1S/C6H11NO3/c8-6(9)7-4-5-2-1-3-10-5/h5,7H,1-4H2,(H,8,9)/p-1. The number of carbonyl (C=O) groups excluding carboxylic acids is 1. The first-order valence-electron chi connectivity index (χ1n) is 3.35. The minimum atomic E-state index is -1.23. The van der Waals surface area contributed by atoms with Crippen molar-refractivity contribution in [3.05, 3.63) is 0 Å². The molecule has 0 aliphatic carbocycles. The summed E-state index contributed by atoms with van der Waals surface area (Å²) in [6.07, 6.45) is 0.813. The third-order valence-corrected chi connectivity index (χ3v) is 1.50. The van der Waals surface area contributed by atoms with Crippen LogP contribution in [-0.2, 0) is 4.74 Å². The fourth-order valence-corrected chi connectivity index (χ4v) is 1.00. The predicted molar refractivity (Wildman–Crippen MR) is 32.4 cm³/mol. The van der Waals surface area contributed by atoms with Gasteiger partial charge in [0.2, 0.25) is 0 Å². The summed E-state index contributed by atoms with van der Waals surface area (Å²) >= 11 is 0. The number of rotatable bonds is 2. The fourth-order valence-electron chi connectivity index (χ4n) is 1.00. The molecular formula is C6H10NO3-. The third kappa shape index (κ3) is 2.23. The third-order valence-electron chi connectivity index (χ3n) is 1.50. The lowest BCUT2D eigenvalue weighted by molar-refractivity contribution is -0.251. The molecule has 1 unspecified atom stereocenters. The summed E-state index contributed by atoms with van der Waals surface area (Å²) < 4.78 is 5.15. The van der Waals surface area contributed by atoms with Crippen LogP contribution in [0.1, 0.15) is 12.8 Å². The van der Waals surface area contributed by atoms with Gasteiger partial charge in [0.05, 0.1) is 6.10 Å². The van der Waals surface area contributed by atoms with Gasteiger partial charge in [-0.2, -0.15) is 0 Å². The number of hydrogen-bond acceptors (Lipinski definition) is 3. The van der Waals surface area contributed by atoms with Gasteiger partial charge in [-0.25, -0.2) is 0 Å². The molecule has 1 amide bonds. The maximum Gasteiger partial charge on any atom is 0.134 e. The Hall–Kier alpha value is -0.770. The van der Waals surface area contributed by atoms with Crippen LogP contribution in [0.2, 0.25) is 0 Å². The lowest BCUT2D eigenvalue weighted by Gasteiger charge is -2.11. The van der Waals surface area contributed by atoms with Gasteiger partial charge in [0.15, 0.2) is 0 Å². The Balaban J connectivity index is 2.07. The molecule has 1 rings (SSSR count). The number of carbonyl (C=O) groups is 1. The smallest absolute Gasteiger partial charge is 0.134 e. The minimum absolute atomic E-state index is 0.0675. The quantitative estimate of drug-likeness (QED) is 0.546. The highest BCUT2D eigenvalue weighted by molar-refractivity contribution is 5.61. The molecular weight excluding hydrogens is 134 g/mol. The van der Waals surface area contributed by atoms with Crippen molar-refractivity contribution in [2.24, 2.45) is 0 Å². The molecule has 0 aromatic carbocycles. The Kier molecular flexibility index (Phi) is 2.50. The zero-order chi connectivity index (χ0) is 7.40. The van der Waals surface area contributed by atoms with E-state index in [-0.39, 0.29) is 6.10 Å². The van der Waals surface area contributed by atoms with Gasteiger partial charge in [-0.05, 0) is 12.8 Å². The SMILES string of the molecule is O=C([O-])NCC1CCCO1. The number of ether oxygens (including phenoxy) is 1. The molecule has 0 aromatic heterocycles. The van der Waals surface area contributed by atoms with Crippen molar-refractivity contribution in [3.63, 3.8) is 0 Å². The van der Waals surface area contributed by atoms with Crippen LogP contribution in [0, 0.1) is 0 Å². The highest BCUT2D eigenvalue weighted by Crippen LogP contribution is 2.10. The molecule has 1 saturated heterocycles. The summed E-state index contributed by atoms with van der Waals surface area (Å²) in [5.74, 6) is 0. The number of carboxylic acid groups (broad SMARTS) is 1. The van der Waals surface area contributed by atoms with Crippen LogP contribution in [0.4, 0.5) is 4.79 Å². The molecule has 0 aromatic rings. The van der Waals surface area contributed by atoms with Gasteiger partial charge in [-0.1, -0.05) is 0 Å². The van der Waals surface area contributed by atoms with E-state index >= 15 is 0 Å². The lowest BCUT2D eigenvalue weighted by atomic mass is 10.2. The second kappa shape index (κ2) is 3.41. The van der Waals surface area contributed by atoms with Crippen molar-refractivity contribution in [3.8, 4) is 0 Å². The summed E-state index contributed by atoms with van der Waals surface area (Å²) in [5.41, 5.74) is 0. The van der Waals surface area contributed by atoms with Crippen molar-refractivity contribution < 1.29 is 14.6 Å². The van der Waals surface area contributed by atoms with E-state index < -0.39 is 6.09 Å². The van der Waals surface area contributed by atoms with Crippen molar-refractivity contribution in [2.75, 3.05) is 13.2 Å². The summed E-state index contributed by atoms with van der Waals surface area (Å²) in [4.78, 5) is 9.88. The van der Waals surface area contributed by atoms with Gasteiger partial charge >= 0.3 is 0 Å². The molecule has 58 valence electrons. The molecule has 0 radical (unpaired) electrons. The van der Waals surface area contributed by atoms with Gasteiger partial charge in [-0.3, -0.25) is 0 Å². The minimum Gasteiger partial charge on any atom is -0.530 e. The maximum absolute atomic E-state index is 9.88. The van der Waals surface area contributed by atoms with Gasteiger partial charge in [0, 0.05) is 13.2 Å². The molecule has 1 heterocycles. The first-order valence-corrected chi connectivity index (χ1v) is 3.35. The normalized spacial score (nSPS) is 24.6. The Bertz CT molecular complexity index is 120. The van der Waals surface area contributed by atoms with E-state index in [2.05, 4.69) is 5.32 Å². The van der Waals surface area contributed by atoms with Gasteiger partial charge < -0.3 is 20.0 Å². The molecule has 1 aliphatic heterocycles. The number of amides is 1. The Morgan fingerprint density at radius 3 is 3.10 bits per heavy atom. The molecule has 10 heavy (non-hydrogen) atoms. The fraction of sp³-hybridized carbons (Fsp3) is 0.833. The van der Waals surface area contributed by atoms with Crippen LogP contribution in [0.5, 0.6) is 0 Å². The Morgan fingerprint density at radius 1 is 1.80 bits per heavy atom. The van der Waals surface area contributed by atoms with E-state index in [0.717, 1.165) is 19.4 Å². The van der Waals surface area contributed by atoms with Gasteiger partial charge in [0.25, 0.3) is 0 Å². The van der Waals surface area contributed by atoms with Gasteiger partial charge in [-0.15, -0.1) is 0 Å². The largest absolute Gasteiger partial charge is 0.530 e. The molecule has 1 aliphatic rings. The topological polar surface area (TPSA) is 61.4 Å². The van der Waals surface area contributed by atoms with E-state index in [1.165, 1.54) is 0 Å². The van der Waals surface area contributed by atoms with Crippen LogP contribution in [0.15, 0.2) is 0 Å². The van der Waals surface area contributed by atoms with E-state index in [1.54, 1.807) is 0 Å². The molecule has 1 atom stereocenters. The van der Waals surface area contributed by atoms with E-state index in [9.17, 15) is 9.90 Å². The van der Waals surface area contributed by atoms with Crippen LogP contribution in [-0.4, -0.2) is 25.3 Å². The van der Waals surface area contributed by atoms with E-state index in [0.29, 0.717) is 6.54 Å². The van der Waals surface area contributed by atoms with E-state index in [4.69, 9.17) is 4.74 Å². The zero-order valence-corrected chi connectivity index (χ0v) is 5.63. The average Bonchev–Trinajstić information content (AvgIpc) is 2.34. The van der Waals surface area contributed by atoms with Crippen LogP contribution >= 0.6 is 0 Å². The maximum atomic E-state index is 9.88. The lowest BCUT2D eigenvalue weighted by Crippen LogP contribution is -2.40. The van der Waals surface area contributed by atoms with Crippen molar-refractivity contribution in [1.82, 2.24) is 5.32 Å².